The predicted octanol–water partition coefficient (Wildman–Crippen LogP) is 22.2. The molecule has 0 spiro atoms. The number of ether oxygens (including phenoxy) is 4. The fourth-order valence-corrected chi connectivity index (χ4v) is 10.9. The minimum atomic E-state index is -1.51. The number of quaternary nitrogens is 1. The zero-order valence-electron chi connectivity index (χ0n) is 55.4. The van der Waals surface area contributed by atoms with Crippen LogP contribution in [-0.4, -0.2) is 87.4 Å². The van der Waals surface area contributed by atoms with Crippen LogP contribution in [-0.2, 0) is 33.3 Å². The van der Waals surface area contributed by atoms with Crippen LogP contribution in [0.15, 0.2) is 24.3 Å². The first kappa shape index (κ1) is 79.8. The minimum Gasteiger partial charge on any atom is -0.477 e. The number of aliphatic carboxylic acids is 1. The van der Waals surface area contributed by atoms with E-state index >= 15 is 0 Å². The largest absolute Gasteiger partial charge is 0.477 e. The number of likely N-dealkylation sites (N-methyl/N-ethyl adjacent to an activating group) is 1. The number of allylic oxidation sites excluding steroid dienone is 4. The third-order valence-electron chi connectivity index (χ3n) is 16.5. The van der Waals surface area contributed by atoms with E-state index in [9.17, 15) is 19.5 Å². The lowest BCUT2D eigenvalue weighted by Gasteiger charge is -2.25. The smallest absolute Gasteiger partial charge is 0.361 e. The van der Waals surface area contributed by atoms with Gasteiger partial charge in [-0.15, -0.1) is 0 Å². The van der Waals surface area contributed by atoms with E-state index < -0.39 is 18.4 Å². The molecule has 0 fully saturated rings. The van der Waals surface area contributed by atoms with Crippen LogP contribution in [0.1, 0.15) is 367 Å². The molecule has 0 aliphatic carbocycles. The SMILES string of the molecule is CCCCCCC/C=C\C/C=C\CCCCCCCCCCCCCCCCCCCCCCCCCCCCCC(=O)OC(COC(=O)CCCCCCCCCCCCCCCCCCCC)COC(OCC[N+](C)(C)C)C(=O)O. The average molecular weight is 1160 g/mol. The summed E-state index contributed by atoms with van der Waals surface area (Å²) in [4.78, 5) is 37.6. The van der Waals surface area contributed by atoms with Gasteiger partial charge in [0.2, 0.25) is 0 Å². The summed E-state index contributed by atoms with van der Waals surface area (Å²) in [6, 6.07) is 0. The highest BCUT2D eigenvalue weighted by atomic mass is 16.7. The molecule has 0 heterocycles. The maximum atomic E-state index is 12.9. The van der Waals surface area contributed by atoms with Gasteiger partial charge in [-0.2, -0.15) is 0 Å². The van der Waals surface area contributed by atoms with Crippen LogP contribution in [0.4, 0.5) is 0 Å². The van der Waals surface area contributed by atoms with Crippen molar-refractivity contribution in [1.29, 1.82) is 0 Å². The Hall–Kier alpha value is -2.23. The second-order valence-electron chi connectivity index (χ2n) is 25.9. The van der Waals surface area contributed by atoms with E-state index in [1.165, 1.54) is 295 Å². The molecule has 0 aliphatic rings. The van der Waals surface area contributed by atoms with E-state index in [2.05, 4.69) is 38.2 Å². The van der Waals surface area contributed by atoms with Gasteiger partial charge >= 0.3 is 17.9 Å². The summed E-state index contributed by atoms with van der Waals surface area (Å²) in [7, 11) is 5.99. The third-order valence-corrected chi connectivity index (χ3v) is 16.5. The maximum absolute atomic E-state index is 12.9. The zero-order chi connectivity index (χ0) is 59.8. The van der Waals surface area contributed by atoms with Gasteiger partial charge in [0.15, 0.2) is 6.10 Å². The van der Waals surface area contributed by atoms with Gasteiger partial charge in [-0.25, -0.2) is 4.79 Å². The second kappa shape index (κ2) is 64.8. The van der Waals surface area contributed by atoms with Crippen LogP contribution in [0.25, 0.3) is 0 Å². The Kier molecular flexibility index (Phi) is 63.0. The van der Waals surface area contributed by atoms with Gasteiger partial charge in [0, 0.05) is 12.8 Å². The van der Waals surface area contributed by atoms with Gasteiger partial charge in [-0.1, -0.05) is 334 Å². The summed E-state index contributed by atoms with van der Waals surface area (Å²) in [6.45, 7) is 4.94. The fourth-order valence-electron chi connectivity index (χ4n) is 10.9. The van der Waals surface area contributed by atoms with Crippen molar-refractivity contribution in [1.82, 2.24) is 0 Å². The molecular weight excluding hydrogens is 1020 g/mol. The van der Waals surface area contributed by atoms with Crippen molar-refractivity contribution >= 4 is 17.9 Å². The average Bonchev–Trinajstić information content (AvgIpc) is 3.45. The number of unbranched alkanes of at least 4 members (excludes halogenated alkanes) is 49. The molecule has 0 saturated carbocycles. The quantitative estimate of drug-likeness (QED) is 0.0211. The predicted molar refractivity (Wildman–Crippen MR) is 351 cm³/mol. The molecular formula is C73H140NO8+. The number of hydrogen-bond acceptors (Lipinski definition) is 7. The molecule has 0 radical (unpaired) electrons. The minimum absolute atomic E-state index is 0.174. The second-order valence-corrected chi connectivity index (χ2v) is 25.9. The monoisotopic (exact) mass is 1160 g/mol. The number of nitrogens with zero attached hydrogens (tertiary/aromatic N) is 1. The highest BCUT2D eigenvalue weighted by molar-refractivity contribution is 5.71. The Balaban J connectivity index is 3.93. The van der Waals surface area contributed by atoms with Crippen molar-refractivity contribution in [2.75, 3.05) is 47.5 Å². The van der Waals surface area contributed by atoms with Crippen LogP contribution in [0, 0.1) is 0 Å². The number of carbonyl (C=O) groups is 3. The first-order valence-corrected chi connectivity index (χ1v) is 36.0. The molecule has 0 aromatic heterocycles. The number of hydrogen-bond donors (Lipinski definition) is 1. The molecule has 2 atom stereocenters. The van der Waals surface area contributed by atoms with Gasteiger partial charge < -0.3 is 28.5 Å². The topological polar surface area (TPSA) is 108 Å². The van der Waals surface area contributed by atoms with Crippen molar-refractivity contribution in [2.24, 2.45) is 0 Å². The van der Waals surface area contributed by atoms with Gasteiger partial charge in [-0.3, -0.25) is 9.59 Å². The molecule has 0 aliphatic heterocycles. The molecule has 2 unspecified atom stereocenters. The summed E-state index contributed by atoms with van der Waals surface area (Å²) >= 11 is 0. The molecule has 0 rings (SSSR count). The molecule has 0 aromatic rings. The normalized spacial score (nSPS) is 12.7. The van der Waals surface area contributed by atoms with E-state index in [0.717, 1.165) is 44.9 Å². The zero-order valence-corrected chi connectivity index (χ0v) is 55.4. The number of rotatable bonds is 68. The lowest BCUT2D eigenvalue weighted by molar-refractivity contribution is -0.870. The Morgan fingerprint density at radius 2 is 0.659 bits per heavy atom. The molecule has 1 N–H and O–H groups in total. The molecule has 9 heteroatoms. The first-order chi connectivity index (χ1) is 40.1. The van der Waals surface area contributed by atoms with Crippen LogP contribution < -0.4 is 0 Å². The van der Waals surface area contributed by atoms with E-state index in [-0.39, 0.29) is 38.2 Å². The van der Waals surface area contributed by atoms with E-state index in [1.54, 1.807) is 0 Å². The summed E-state index contributed by atoms with van der Waals surface area (Å²) in [5.74, 6) is -1.97. The van der Waals surface area contributed by atoms with Gasteiger partial charge in [0.1, 0.15) is 13.2 Å². The van der Waals surface area contributed by atoms with E-state index in [4.69, 9.17) is 18.9 Å². The number of carboxylic acids is 1. The molecule has 0 amide bonds. The summed E-state index contributed by atoms with van der Waals surface area (Å²) in [5, 5.41) is 9.73. The Labute approximate surface area is 509 Å². The van der Waals surface area contributed by atoms with Crippen LogP contribution in [0.2, 0.25) is 0 Å². The summed E-state index contributed by atoms with van der Waals surface area (Å²) in [5.41, 5.74) is 0. The molecule has 82 heavy (non-hydrogen) atoms. The van der Waals surface area contributed by atoms with Crippen molar-refractivity contribution in [3.05, 3.63) is 24.3 Å². The highest BCUT2D eigenvalue weighted by Crippen LogP contribution is 2.19. The third kappa shape index (κ3) is 65.3. The number of carboxylic acid groups (broad SMARTS) is 1. The summed E-state index contributed by atoms with van der Waals surface area (Å²) < 4.78 is 23.0. The molecule has 484 valence electrons. The lowest BCUT2D eigenvalue weighted by Crippen LogP contribution is -2.40. The molecule has 0 aromatic carbocycles. The van der Waals surface area contributed by atoms with Crippen molar-refractivity contribution in [3.63, 3.8) is 0 Å². The lowest BCUT2D eigenvalue weighted by atomic mass is 10.0. The standard InChI is InChI=1S/C73H139NO8/c1-6-8-10-12-14-16-18-20-22-24-26-27-28-29-30-31-32-33-34-35-36-37-38-39-40-41-42-43-44-45-46-48-50-52-54-56-58-60-62-64-71(76)82-69(68-81-73(72(77)78)79-66-65-74(3,4)5)67-80-70(75)63-61-59-57-55-53-51-49-47-25-23-21-19-17-15-13-11-9-7-2/h18,20,24,26,69,73H,6-17,19,21-23,25,27-68H2,1-5H3/p+1/b20-18-,26-24-. The van der Waals surface area contributed by atoms with Crippen molar-refractivity contribution in [3.8, 4) is 0 Å². The van der Waals surface area contributed by atoms with Crippen molar-refractivity contribution < 1.29 is 42.9 Å². The van der Waals surface area contributed by atoms with Crippen LogP contribution in [0.3, 0.4) is 0 Å². The maximum Gasteiger partial charge on any atom is 0.361 e. The summed E-state index contributed by atoms with van der Waals surface area (Å²) in [6.07, 6.45) is 77.4. The highest BCUT2D eigenvalue weighted by Gasteiger charge is 2.25. The van der Waals surface area contributed by atoms with E-state index in [0.29, 0.717) is 17.4 Å². The molecule has 0 bridgehead atoms. The number of esters is 2. The van der Waals surface area contributed by atoms with E-state index in [1.807, 2.05) is 21.1 Å². The Bertz CT molecular complexity index is 1390. The first-order valence-electron chi connectivity index (χ1n) is 36.0. The van der Waals surface area contributed by atoms with Gasteiger partial charge in [-0.05, 0) is 44.9 Å². The molecule has 9 nitrogen and oxygen atoms in total. The van der Waals surface area contributed by atoms with Crippen LogP contribution >= 0.6 is 0 Å². The molecule has 0 saturated heterocycles. The van der Waals surface area contributed by atoms with Gasteiger partial charge in [0.25, 0.3) is 6.29 Å². The van der Waals surface area contributed by atoms with Crippen molar-refractivity contribution in [2.45, 2.75) is 379 Å². The Morgan fingerprint density at radius 3 is 0.963 bits per heavy atom. The number of carbonyl (C=O) groups excluding carboxylic acids is 2. The Morgan fingerprint density at radius 1 is 0.366 bits per heavy atom. The fraction of sp³-hybridized carbons (Fsp3) is 0.904. The van der Waals surface area contributed by atoms with Crippen LogP contribution in [0.5, 0.6) is 0 Å². The van der Waals surface area contributed by atoms with Gasteiger partial charge in [0.05, 0.1) is 34.4 Å².